The van der Waals surface area contributed by atoms with E-state index in [9.17, 15) is 14.4 Å². The fourth-order valence-corrected chi connectivity index (χ4v) is 2.90. The van der Waals surface area contributed by atoms with Crippen molar-refractivity contribution in [2.24, 2.45) is 0 Å². The van der Waals surface area contributed by atoms with Crippen molar-refractivity contribution in [2.75, 3.05) is 0 Å². The number of hydrogen-bond donors (Lipinski definition) is 1. The Hall–Kier alpha value is -3.81. The molecule has 4 rings (SSSR count). The fourth-order valence-electron chi connectivity index (χ4n) is 2.90. The maximum absolute atomic E-state index is 12.4. The van der Waals surface area contributed by atoms with Crippen LogP contribution in [0.1, 0.15) is 12.0 Å². The van der Waals surface area contributed by atoms with Gasteiger partial charge in [0.1, 0.15) is 12.1 Å². The highest BCUT2D eigenvalue weighted by Crippen LogP contribution is 2.11. The molecule has 2 aromatic heterocycles. The predicted octanol–water partition coefficient (Wildman–Crippen LogP) is 1.77. The van der Waals surface area contributed by atoms with Gasteiger partial charge in [0.25, 0.3) is 11.1 Å². The molecule has 2 aromatic carbocycles. The van der Waals surface area contributed by atoms with Gasteiger partial charge in [-0.25, -0.2) is 4.68 Å². The van der Waals surface area contributed by atoms with Crippen LogP contribution in [-0.2, 0) is 22.7 Å². The standard InChI is InChI=1S/C20H16N4O4/c25-18(9-10-24-20(27)15-6-2-4-8-17(15)22-23-24)28-12-14-11-13-5-1-3-7-16(13)21-19(14)26/h1-8,11H,9-10,12H2,(H,21,26). The first-order chi connectivity index (χ1) is 13.6. The normalized spacial score (nSPS) is 11.0. The van der Waals surface area contributed by atoms with Gasteiger partial charge in [-0.2, -0.15) is 0 Å². The summed E-state index contributed by atoms with van der Waals surface area (Å²) in [6.07, 6.45) is -0.0571. The van der Waals surface area contributed by atoms with Crippen LogP contribution in [0.3, 0.4) is 0 Å². The molecule has 0 radical (unpaired) electrons. The third kappa shape index (κ3) is 3.52. The number of aryl methyl sites for hydroxylation is 1. The summed E-state index contributed by atoms with van der Waals surface area (Å²) < 4.78 is 6.32. The minimum atomic E-state index is -0.533. The molecule has 4 aromatic rings. The number of pyridine rings is 1. The molecular formula is C20H16N4O4. The largest absolute Gasteiger partial charge is 0.461 e. The molecule has 0 unspecified atom stereocenters. The second-order valence-corrected chi connectivity index (χ2v) is 6.26. The van der Waals surface area contributed by atoms with Crippen LogP contribution in [0, 0.1) is 0 Å². The summed E-state index contributed by atoms with van der Waals surface area (Å²) in [5.41, 5.74) is 0.959. The monoisotopic (exact) mass is 376 g/mol. The minimum Gasteiger partial charge on any atom is -0.461 e. The molecule has 0 saturated carbocycles. The molecule has 0 aliphatic carbocycles. The van der Waals surface area contributed by atoms with Crippen molar-refractivity contribution in [1.82, 2.24) is 20.0 Å². The summed E-state index contributed by atoms with van der Waals surface area (Å²) in [6, 6.07) is 15.9. The Balaban J connectivity index is 1.42. The molecular weight excluding hydrogens is 360 g/mol. The number of nitrogens with zero attached hydrogens (tertiary/aromatic N) is 3. The number of hydrogen-bond acceptors (Lipinski definition) is 6. The van der Waals surface area contributed by atoms with E-state index in [0.717, 1.165) is 15.6 Å². The molecule has 140 valence electrons. The first kappa shape index (κ1) is 17.6. The molecule has 0 aliphatic rings. The Morgan fingerprint density at radius 1 is 1.07 bits per heavy atom. The summed E-state index contributed by atoms with van der Waals surface area (Å²) in [4.78, 5) is 39.2. The maximum Gasteiger partial charge on any atom is 0.308 e. The predicted molar refractivity (Wildman–Crippen MR) is 103 cm³/mol. The summed E-state index contributed by atoms with van der Waals surface area (Å²) in [6.45, 7) is -0.0964. The van der Waals surface area contributed by atoms with Crippen molar-refractivity contribution >= 4 is 27.8 Å². The van der Waals surface area contributed by atoms with Gasteiger partial charge in [-0.1, -0.05) is 35.5 Å². The van der Waals surface area contributed by atoms with Crippen molar-refractivity contribution < 1.29 is 9.53 Å². The number of aromatic nitrogens is 4. The smallest absolute Gasteiger partial charge is 0.308 e. The number of ether oxygens (including phenoxy) is 1. The molecule has 28 heavy (non-hydrogen) atoms. The maximum atomic E-state index is 12.4. The van der Waals surface area contributed by atoms with Gasteiger partial charge in [-0.3, -0.25) is 14.4 Å². The van der Waals surface area contributed by atoms with Crippen molar-refractivity contribution in [3.05, 3.63) is 80.9 Å². The zero-order valence-electron chi connectivity index (χ0n) is 14.8. The summed E-state index contributed by atoms with van der Waals surface area (Å²) >= 11 is 0. The van der Waals surface area contributed by atoms with E-state index in [1.54, 1.807) is 36.4 Å². The summed E-state index contributed by atoms with van der Waals surface area (Å²) in [5.74, 6) is -0.533. The van der Waals surface area contributed by atoms with Gasteiger partial charge in [0.2, 0.25) is 0 Å². The quantitative estimate of drug-likeness (QED) is 0.532. The highest BCUT2D eigenvalue weighted by molar-refractivity contribution is 5.79. The van der Waals surface area contributed by atoms with Crippen molar-refractivity contribution in [2.45, 2.75) is 19.6 Å². The number of fused-ring (bicyclic) bond motifs is 2. The van der Waals surface area contributed by atoms with E-state index in [1.165, 1.54) is 0 Å². The summed E-state index contributed by atoms with van der Waals surface area (Å²) in [7, 11) is 0. The summed E-state index contributed by atoms with van der Waals surface area (Å²) in [5, 5.41) is 9.10. The topological polar surface area (TPSA) is 107 Å². The van der Waals surface area contributed by atoms with E-state index in [2.05, 4.69) is 15.3 Å². The molecule has 0 spiro atoms. The lowest BCUT2D eigenvalue weighted by Gasteiger charge is -2.07. The lowest BCUT2D eigenvalue weighted by Crippen LogP contribution is -2.26. The van der Waals surface area contributed by atoms with Crippen molar-refractivity contribution in [3.63, 3.8) is 0 Å². The van der Waals surface area contributed by atoms with Crippen molar-refractivity contribution in [1.29, 1.82) is 0 Å². The Morgan fingerprint density at radius 2 is 1.86 bits per heavy atom. The average Bonchev–Trinajstić information content (AvgIpc) is 2.72. The molecule has 0 amide bonds. The number of benzene rings is 2. The third-order valence-electron chi connectivity index (χ3n) is 4.38. The highest BCUT2D eigenvalue weighted by atomic mass is 16.5. The minimum absolute atomic E-state index is 0.0452. The van der Waals surface area contributed by atoms with E-state index in [4.69, 9.17) is 4.74 Å². The Kier molecular flexibility index (Phi) is 4.67. The van der Waals surface area contributed by atoms with E-state index in [1.807, 2.05) is 18.2 Å². The van der Waals surface area contributed by atoms with Crippen LogP contribution in [0.25, 0.3) is 21.8 Å². The Labute approximate surface area is 158 Å². The number of para-hydroxylation sites is 1. The fraction of sp³-hybridized carbons (Fsp3) is 0.150. The first-order valence-corrected chi connectivity index (χ1v) is 8.71. The molecule has 0 fully saturated rings. The van der Waals surface area contributed by atoms with Crippen LogP contribution in [-0.4, -0.2) is 25.9 Å². The van der Waals surface area contributed by atoms with Gasteiger partial charge in [0.15, 0.2) is 0 Å². The Morgan fingerprint density at radius 3 is 2.75 bits per heavy atom. The number of H-pyrrole nitrogens is 1. The number of nitrogens with one attached hydrogen (secondary N) is 1. The number of carbonyl (C=O) groups is 1. The van der Waals surface area contributed by atoms with Gasteiger partial charge in [-0.05, 0) is 29.7 Å². The van der Waals surface area contributed by atoms with Crippen LogP contribution in [0.4, 0.5) is 0 Å². The second-order valence-electron chi connectivity index (χ2n) is 6.26. The van der Waals surface area contributed by atoms with Gasteiger partial charge in [-0.15, -0.1) is 5.10 Å². The van der Waals surface area contributed by atoms with Crippen LogP contribution in [0.2, 0.25) is 0 Å². The molecule has 0 atom stereocenters. The molecule has 0 aliphatic heterocycles. The zero-order chi connectivity index (χ0) is 19.5. The SMILES string of the molecule is O=C(CCn1nnc2ccccc2c1=O)OCc1cc2ccccc2[nH]c1=O. The second kappa shape index (κ2) is 7.43. The lowest BCUT2D eigenvalue weighted by atomic mass is 10.1. The lowest BCUT2D eigenvalue weighted by molar-refractivity contribution is -0.145. The van der Waals surface area contributed by atoms with Gasteiger partial charge in [0.05, 0.1) is 23.9 Å². The average molecular weight is 376 g/mol. The van der Waals surface area contributed by atoms with Gasteiger partial charge < -0.3 is 9.72 Å². The van der Waals surface area contributed by atoms with Crippen molar-refractivity contribution in [3.8, 4) is 0 Å². The molecule has 0 saturated heterocycles. The molecule has 8 nitrogen and oxygen atoms in total. The van der Waals surface area contributed by atoms with Gasteiger partial charge in [0, 0.05) is 5.52 Å². The van der Waals surface area contributed by atoms with Crippen LogP contribution < -0.4 is 11.1 Å². The first-order valence-electron chi connectivity index (χ1n) is 8.71. The van der Waals surface area contributed by atoms with E-state index in [-0.39, 0.29) is 30.7 Å². The zero-order valence-corrected chi connectivity index (χ0v) is 14.8. The highest BCUT2D eigenvalue weighted by Gasteiger charge is 2.10. The number of carbonyl (C=O) groups excluding carboxylic acids is 1. The third-order valence-corrected chi connectivity index (χ3v) is 4.38. The van der Waals surface area contributed by atoms with E-state index >= 15 is 0 Å². The number of esters is 1. The van der Waals surface area contributed by atoms with Crippen LogP contribution in [0.5, 0.6) is 0 Å². The Bertz CT molecular complexity index is 1280. The van der Waals surface area contributed by atoms with Gasteiger partial charge >= 0.3 is 5.97 Å². The number of aromatic amines is 1. The van der Waals surface area contributed by atoms with Crippen LogP contribution in [0.15, 0.2) is 64.2 Å². The van der Waals surface area contributed by atoms with E-state index < -0.39 is 5.97 Å². The van der Waals surface area contributed by atoms with E-state index in [0.29, 0.717) is 16.5 Å². The molecule has 0 bridgehead atoms. The number of rotatable bonds is 5. The van der Waals surface area contributed by atoms with Crippen LogP contribution >= 0.6 is 0 Å². The molecule has 1 N–H and O–H groups in total. The molecule has 8 heteroatoms. The molecule has 2 heterocycles.